The Balaban J connectivity index is 1.58. The Labute approximate surface area is 220 Å². The van der Waals surface area contributed by atoms with Crippen molar-refractivity contribution in [3.05, 3.63) is 71.0 Å². The molecule has 2 aliphatic rings. The van der Waals surface area contributed by atoms with Crippen molar-refractivity contribution in [2.45, 2.75) is 55.9 Å². The molecule has 2 aromatic rings. The van der Waals surface area contributed by atoms with Gasteiger partial charge in [-0.25, -0.2) is 12.8 Å². The first-order chi connectivity index (χ1) is 17.6. The highest BCUT2D eigenvalue weighted by Gasteiger charge is 2.43. The molecule has 2 aliphatic heterocycles. The topological polar surface area (TPSA) is 79.0 Å². The number of halogens is 1. The molecular weight excluding hydrogens is 493 g/mol. The Kier molecular flexibility index (Phi) is 8.68. The van der Waals surface area contributed by atoms with E-state index in [1.165, 1.54) is 10.4 Å². The van der Waals surface area contributed by atoms with Crippen LogP contribution in [0.25, 0.3) is 0 Å². The summed E-state index contributed by atoms with van der Waals surface area (Å²) in [5, 5.41) is 2.38. The fourth-order valence-electron chi connectivity index (χ4n) is 5.42. The van der Waals surface area contributed by atoms with Crippen LogP contribution in [0, 0.1) is 5.82 Å². The number of rotatable bonds is 8. The summed E-state index contributed by atoms with van der Waals surface area (Å²) in [5.74, 6) is -0.614. The van der Waals surface area contributed by atoms with Gasteiger partial charge in [0.15, 0.2) is 0 Å². The van der Waals surface area contributed by atoms with Gasteiger partial charge in [0.25, 0.3) is 0 Å². The van der Waals surface area contributed by atoms with Crippen LogP contribution in [0.1, 0.15) is 54.5 Å². The molecule has 2 atom stereocenters. The number of hydrogen-bond acceptors (Lipinski definition) is 5. The zero-order valence-corrected chi connectivity index (χ0v) is 22.8. The highest BCUT2D eigenvalue weighted by atomic mass is 32.2. The highest BCUT2D eigenvalue weighted by molar-refractivity contribution is 7.89. The summed E-state index contributed by atoms with van der Waals surface area (Å²) in [7, 11) is 0.208. The molecular formula is C28H38FN3O4S. The van der Waals surface area contributed by atoms with Crippen LogP contribution in [0.3, 0.4) is 0 Å². The van der Waals surface area contributed by atoms with Crippen LogP contribution in [0.15, 0.2) is 48.5 Å². The van der Waals surface area contributed by atoms with E-state index in [1.54, 1.807) is 12.1 Å². The second-order valence-electron chi connectivity index (χ2n) is 10.5. The van der Waals surface area contributed by atoms with E-state index in [0.29, 0.717) is 63.1 Å². The van der Waals surface area contributed by atoms with Crippen molar-refractivity contribution in [1.82, 2.24) is 14.5 Å². The van der Waals surface area contributed by atoms with Crippen LogP contribution in [0.4, 0.5) is 4.39 Å². The van der Waals surface area contributed by atoms with Crippen molar-refractivity contribution < 1.29 is 22.3 Å². The minimum Gasteiger partial charge on any atom is -0.381 e. The minimum absolute atomic E-state index is 0.0376. The number of likely N-dealkylation sites (N-methyl/N-ethyl adjacent to an activating group) is 1. The predicted octanol–water partition coefficient (Wildman–Crippen LogP) is 3.61. The van der Waals surface area contributed by atoms with Gasteiger partial charge in [-0.2, -0.15) is 4.31 Å². The highest BCUT2D eigenvalue weighted by Crippen LogP contribution is 2.39. The Morgan fingerprint density at radius 3 is 2.49 bits per heavy atom. The lowest BCUT2D eigenvalue weighted by Crippen LogP contribution is -2.49. The maximum Gasteiger partial charge on any atom is 0.230 e. The van der Waals surface area contributed by atoms with Gasteiger partial charge < -0.3 is 15.0 Å². The average molecular weight is 532 g/mol. The standard InChI is InChI=1S/C28H38FN3O4S/c1-21-9-12-26(22-7-5-4-6-8-22)37(34,35)32(21)20-23-10-11-24(19-25(23)29)28(13-17-36-18-14-28)27(33)30-15-16-31(2)3/h4-8,10-11,19,21,26H,9,12-18,20H2,1-3H3,(H,30,33)/t21-,26+/m0/s1. The first-order valence-corrected chi connectivity index (χ1v) is 14.5. The summed E-state index contributed by atoms with van der Waals surface area (Å²) in [6.07, 6.45) is 2.18. The van der Waals surface area contributed by atoms with Crippen LogP contribution in [-0.4, -0.2) is 70.0 Å². The molecule has 0 bridgehead atoms. The molecule has 202 valence electrons. The third kappa shape index (κ3) is 5.90. The van der Waals surface area contributed by atoms with Crippen molar-refractivity contribution in [2.24, 2.45) is 0 Å². The quantitative estimate of drug-likeness (QED) is 0.563. The van der Waals surface area contributed by atoms with E-state index in [2.05, 4.69) is 5.32 Å². The van der Waals surface area contributed by atoms with E-state index in [4.69, 9.17) is 4.74 Å². The summed E-state index contributed by atoms with van der Waals surface area (Å²) >= 11 is 0. The first kappa shape index (κ1) is 27.7. The normalized spacial score (nSPS) is 23.6. The van der Waals surface area contributed by atoms with Gasteiger partial charge in [0.1, 0.15) is 11.1 Å². The maximum absolute atomic E-state index is 15.6. The SMILES string of the molecule is C[C@H]1CC[C@H](c2ccccc2)S(=O)(=O)N1Cc1ccc(C2(C(=O)NCCN(C)C)CCOCC2)cc1F. The fourth-order valence-corrected chi connectivity index (χ4v) is 7.61. The molecule has 7 nitrogen and oxygen atoms in total. The molecule has 2 aromatic carbocycles. The molecule has 9 heteroatoms. The van der Waals surface area contributed by atoms with Crippen molar-refractivity contribution in [2.75, 3.05) is 40.4 Å². The smallest absolute Gasteiger partial charge is 0.230 e. The Hall–Kier alpha value is -2.33. The van der Waals surface area contributed by atoms with E-state index >= 15 is 4.39 Å². The second-order valence-corrected chi connectivity index (χ2v) is 12.5. The lowest BCUT2D eigenvalue weighted by Gasteiger charge is -2.38. The zero-order valence-electron chi connectivity index (χ0n) is 22.0. The lowest BCUT2D eigenvalue weighted by atomic mass is 9.73. The molecule has 1 N–H and O–H groups in total. The molecule has 1 amide bonds. The lowest BCUT2D eigenvalue weighted by molar-refractivity contribution is -0.130. The number of carbonyl (C=O) groups is 1. The summed E-state index contributed by atoms with van der Waals surface area (Å²) in [4.78, 5) is 15.3. The van der Waals surface area contributed by atoms with Gasteiger partial charge in [-0.15, -0.1) is 0 Å². The van der Waals surface area contributed by atoms with E-state index < -0.39 is 26.5 Å². The second kappa shape index (κ2) is 11.6. The van der Waals surface area contributed by atoms with Crippen LogP contribution < -0.4 is 5.32 Å². The van der Waals surface area contributed by atoms with Crippen molar-refractivity contribution in [1.29, 1.82) is 0 Å². The van der Waals surface area contributed by atoms with Crippen LogP contribution in [0.2, 0.25) is 0 Å². The number of amides is 1. The van der Waals surface area contributed by atoms with Gasteiger partial charge in [0.05, 0.1) is 5.41 Å². The van der Waals surface area contributed by atoms with Crippen LogP contribution >= 0.6 is 0 Å². The summed E-state index contributed by atoms with van der Waals surface area (Å²) < 4.78 is 49.7. The van der Waals surface area contributed by atoms with E-state index in [9.17, 15) is 13.2 Å². The van der Waals surface area contributed by atoms with Crippen molar-refractivity contribution >= 4 is 15.9 Å². The number of hydrogen-bond donors (Lipinski definition) is 1. The predicted molar refractivity (Wildman–Crippen MR) is 142 cm³/mol. The minimum atomic E-state index is -3.67. The molecule has 0 aliphatic carbocycles. The van der Waals surface area contributed by atoms with E-state index in [-0.39, 0.29) is 18.5 Å². The summed E-state index contributed by atoms with van der Waals surface area (Å²) in [6, 6.07) is 13.8. The molecule has 0 aromatic heterocycles. The molecule has 37 heavy (non-hydrogen) atoms. The molecule has 0 spiro atoms. The van der Waals surface area contributed by atoms with Crippen molar-refractivity contribution in [3.63, 3.8) is 0 Å². The summed E-state index contributed by atoms with van der Waals surface area (Å²) in [5.41, 5.74) is 0.809. The Bertz CT molecular complexity index is 1180. The molecule has 0 unspecified atom stereocenters. The van der Waals surface area contributed by atoms with E-state index in [0.717, 1.165) is 5.56 Å². The Morgan fingerprint density at radius 2 is 1.84 bits per heavy atom. The number of nitrogens with zero attached hydrogens (tertiary/aromatic N) is 2. The third-order valence-corrected chi connectivity index (χ3v) is 10.1. The average Bonchev–Trinajstić information content (AvgIpc) is 2.87. The first-order valence-electron chi connectivity index (χ1n) is 13.0. The number of carbonyl (C=O) groups excluding carboxylic acids is 1. The number of sulfonamides is 1. The van der Waals surface area contributed by atoms with Gasteiger partial charge in [-0.1, -0.05) is 42.5 Å². The maximum atomic E-state index is 15.6. The third-order valence-electron chi connectivity index (χ3n) is 7.75. The zero-order chi connectivity index (χ0) is 26.6. The molecule has 4 rings (SSSR count). The van der Waals surface area contributed by atoms with Gasteiger partial charge in [0, 0.05) is 44.5 Å². The van der Waals surface area contributed by atoms with Gasteiger partial charge >= 0.3 is 0 Å². The summed E-state index contributed by atoms with van der Waals surface area (Å²) in [6.45, 7) is 3.90. The molecule has 2 saturated heterocycles. The largest absolute Gasteiger partial charge is 0.381 e. The van der Waals surface area contributed by atoms with Gasteiger partial charge in [0.2, 0.25) is 15.9 Å². The number of nitrogens with one attached hydrogen (secondary N) is 1. The van der Waals surface area contributed by atoms with Crippen LogP contribution in [-0.2, 0) is 31.5 Å². The molecule has 2 fully saturated rings. The molecule has 0 radical (unpaired) electrons. The van der Waals surface area contributed by atoms with Gasteiger partial charge in [-0.3, -0.25) is 4.79 Å². The van der Waals surface area contributed by atoms with Crippen LogP contribution in [0.5, 0.6) is 0 Å². The number of ether oxygens (including phenoxy) is 1. The Morgan fingerprint density at radius 1 is 1.14 bits per heavy atom. The van der Waals surface area contributed by atoms with E-state index in [1.807, 2.05) is 56.3 Å². The monoisotopic (exact) mass is 531 g/mol. The molecule has 2 heterocycles. The number of benzene rings is 2. The van der Waals surface area contributed by atoms with Gasteiger partial charge in [-0.05, 0) is 63.9 Å². The van der Waals surface area contributed by atoms with Crippen molar-refractivity contribution in [3.8, 4) is 0 Å². The molecule has 0 saturated carbocycles. The fraction of sp³-hybridized carbons (Fsp3) is 0.536.